The summed E-state index contributed by atoms with van der Waals surface area (Å²) in [6.07, 6.45) is 2.40. The zero-order valence-corrected chi connectivity index (χ0v) is 16.1. The average Bonchev–Trinajstić information content (AvgIpc) is 2.57. The van der Waals surface area contributed by atoms with Gasteiger partial charge in [-0.2, -0.15) is 0 Å². The first kappa shape index (κ1) is 15.6. The monoisotopic (exact) mass is 466 g/mol. The molecule has 0 spiro atoms. The summed E-state index contributed by atoms with van der Waals surface area (Å²) in [5.41, 5.74) is 1.32. The van der Waals surface area contributed by atoms with Crippen molar-refractivity contribution in [1.82, 2.24) is 0 Å². The molecule has 0 atom stereocenters. The van der Waals surface area contributed by atoms with Crippen LogP contribution in [0.15, 0.2) is 93.5 Å². The number of hydrogen-bond acceptors (Lipinski definition) is 0. The Morgan fingerprint density at radius 2 is 1.23 bits per heavy atom. The van der Waals surface area contributed by atoms with E-state index in [1.165, 1.54) is 13.6 Å². The van der Waals surface area contributed by atoms with E-state index in [1.54, 1.807) is 2.52 Å². The van der Waals surface area contributed by atoms with E-state index in [0.717, 1.165) is 0 Å². The summed E-state index contributed by atoms with van der Waals surface area (Å²) >= 11 is 0.106. The van der Waals surface area contributed by atoms with E-state index >= 15 is 0 Å². The molecule has 22 heavy (non-hydrogen) atoms. The van der Waals surface area contributed by atoms with E-state index in [0.29, 0.717) is 15.0 Å². The quantitative estimate of drug-likeness (QED) is 0.511. The Morgan fingerprint density at radius 3 is 1.86 bits per heavy atom. The van der Waals surface area contributed by atoms with Crippen LogP contribution >= 0.6 is 0 Å². The third-order valence-corrected chi connectivity index (χ3v) is 9.51. The molecule has 2 heteroatoms. The predicted octanol–water partition coefficient (Wildman–Crippen LogP) is 3.04. The van der Waals surface area contributed by atoms with Gasteiger partial charge < -0.3 is 0 Å². The molecular formula is C20H16SeTe. The summed E-state index contributed by atoms with van der Waals surface area (Å²) in [5.74, 6) is 0. The molecular weight excluding hydrogens is 447 g/mol. The van der Waals surface area contributed by atoms with Crippen LogP contribution in [0.1, 0.15) is 5.56 Å². The molecule has 0 N–H and O–H groups in total. The summed E-state index contributed by atoms with van der Waals surface area (Å²) in [6.45, 7) is 0. The second-order valence-corrected chi connectivity index (χ2v) is 12.0. The third kappa shape index (κ3) is 4.87. The molecule has 0 unspecified atom stereocenters. The first-order chi connectivity index (χ1) is 10.9. The Labute approximate surface area is 148 Å². The van der Waals surface area contributed by atoms with Gasteiger partial charge in [0.15, 0.2) is 0 Å². The van der Waals surface area contributed by atoms with E-state index < -0.39 is 0 Å². The van der Waals surface area contributed by atoms with Crippen molar-refractivity contribution in [3.8, 4) is 0 Å². The molecule has 3 rings (SSSR count). The molecule has 0 fully saturated rings. The van der Waals surface area contributed by atoms with Gasteiger partial charge in [0.2, 0.25) is 0 Å². The first-order valence-electron chi connectivity index (χ1n) is 7.13. The van der Waals surface area contributed by atoms with E-state index in [4.69, 9.17) is 0 Å². The van der Waals surface area contributed by atoms with Crippen molar-refractivity contribution in [2.75, 3.05) is 0 Å². The normalized spacial score (nSPS) is 11.4. The van der Waals surface area contributed by atoms with Crippen molar-refractivity contribution in [1.29, 1.82) is 0 Å². The molecule has 0 amide bonds. The fourth-order valence-electron chi connectivity index (χ4n) is 1.97. The fraction of sp³-hybridized carbons (Fsp3) is 0. The van der Waals surface area contributed by atoms with E-state index in [1.807, 2.05) is 0 Å². The van der Waals surface area contributed by atoms with Gasteiger partial charge in [0.25, 0.3) is 0 Å². The molecule has 3 aromatic rings. The molecule has 0 aliphatic rings. The molecule has 0 bridgehead atoms. The Bertz CT molecular complexity index is 678. The Hall–Kier alpha value is -1.29. The molecule has 0 aromatic heterocycles. The number of hydrogen-bond donors (Lipinski definition) is 0. The van der Waals surface area contributed by atoms with E-state index in [-0.39, 0.29) is 20.9 Å². The first-order valence-corrected chi connectivity index (χ1v) is 11.2. The summed E-state index contributed by atoms with van der Waals surface area (Å²) in [4.78, 5) is 0. The minimum absolute atomic E-state index is 0.306. The zero-order valence-electron chi connectivity index (χ0n) is 12.1. The van der Waals surface area contributed by atoms with Crippen LogP contribution < -0.4 is 8.07 Å². The molecule has 0 aliphatic carbocycles. The SMILES string of the molecule is C(=C(/[Se]c1ccccc1)[Te]c1ccccc1)/c1ccccc1. The van der Waals surface area contributed by atoms with E-state index in [9.17, 15) is 0 Å². The number of benzene rings is 3. The van der Waals surface area contributed by atoms with Crippen LogP contribution in [-0.4, -0.2) is 35.9 Å². The van der Waals surface area contributed by atoms with Crippen molar-refractivity contribution in [3.05, 3.63) is 99.1 Å². The Balaban J connectivity index is 1.86. The van der Waals surface area contributed by atoms with Crippen molar-refractivity contribution < 1.29 is 0 Å². The second-order valence-electron chi connectivity index (χ2n) is 4.70. The van der Waals surface area contributed by atoms with Gasteiger partial charge in [0.1, 0.15) is 0 Å². The molecule has 108 valence electrons. The van der Waals surface area contributed by atoms with Gasteiger partial charge in [0.05, 0.1) is 0 Å². The molecule has 0 aliphatic heterocycles. The molecule has 0 nitrogen and oxygen atoms in total. The van der Waals surface area contributed by atoms with Crippen LogP contribution in [0, 0.1) is 0 Å². The van der Waals surface area contributed by atoms with Crippen LogP contribution in [0.25, 0.3) is 6.08 Å². The summed E-state index contributed by atoms with van der Waals surface area (Å²) in [5, 5.41) is 0. The Kier molecular flexibility index (Phi) is 5.93. The van der Waals surface area contributed by atoms with Gasteiger partial charge >= 0.3 is 149 Å². The third-order valence-electron chi connectivity index (χ3n) is 3.01. The van der Waals surface area contributed by atoms with Crippen molar-refractivity contribution in [2.45, 2.75) is 0 Å². The Morgan fingerprint density at radius 1 is 0.682 bits per heavy atom. The van der Waals surface area contributed by atoms with Crippen molar-refractivity contribution >= 4 is 50.0 Å². The minimum atomic E-state index is -0.306. The average molecular weight is 463 g/mol. The van der Waals surface area contributed by atoms with Gasteiger partial charge in [-0.05, 0) is 0 Å². The van der Waals surface area contributed by atoms with Gasteiger partial charge in [-0.25, -0.2) is 0 Å². The van der Waals surface area contributed by atoms with Gasteiger partial charge in [-0.3, -0.25) is 0 Å². The maximum absolute atomic E-state index is 2.40. The van der Waals surface area contributed by atoms with Crippen LogP contribution in [0.3, 0.4) is 0 Å². The molecule has 3 aromatic carbocycles. The van der Waals surface area contributed by atoms with Crippen molar-refractivity contribution in [2.24, 2.45) is 0 Å². The molecule has 0 saturated heterocycles. The van der Waals surface area contributed by atoms with Gasteiger partial charge in [-0.15, -0.1) is 0 Å². The molecule has 0 radical (unpaired) electrons. The molecule has 0 heterocycles. The summed E-state index contributed by atoms with van der Waals surface area (Å²) in [7, 11) is 0. The summed E-state index contributed by atoms with van der Waals surface area (Å²) in [6, 6.07) is 32.5. The standard InChI is InChI=1S/C20H16SeTe/c1-4-10-17(11-5-1)16-20(21-18-12-6-2-7-13-18)22-19-14-8-3-9-15-19/h1-16H/b20-16+. The van der Waals surface area contributed by atoms with Crippen LogP contribution in [0.5, 0.6) is 0 Å². The molecule has 0 saturated carbocycles. The second kappa shape index (κ2) is 8.37. The zero-order chi connectivity index (χ0) is 15.0. The van der Waals surface area contributed by atoms with Crippen LogP contribution in [0.4, 0.5) is 0 Å². The predicted molar refractivity (Wildman–Crippen MR) is 98.1 cm³/mol. The summed E-state index contributed by atoms with van der Waals surface area (Å²) < 4.78 is 4.59. The number of rotatable bonds is 5. The topological polar surface area (TPSA) is 0 Å². The van der Waals surface area contributed by atoms with Crippen LogP contribution in [0.2, 0.25) is 0 Å². The van der Waals surface area contributed by atoms with Gasteiger partial charge in [-0.1, -0.05) is 0 Å². The van der Waals surface area contributed by atoms with Gasteiger partial charge in [0, 0.05) is 0 Å². The fourth-order valence-corrected chi connectivity index (χ4v) is 9.03. The van der Waals surface area contributed by atoms with Crippen LogP contribution in [-0.2, 0) is 0 Å². The maximum atomic E-state index is 2.40. The van der Waals surface area contributed by atoms with E-state index in [2.05, 4.69) is 97.1 Å². The van der Waals surface area contributed by atoms with Crippen molar-refractivity contribution in [3.63, 3.8) is 0 Å².